The highest BCUT2D eigenvalue weighted by atomic mass is 35.5. The number of aromatic nitrogens is 2. The number of hydrogen-bond acceptors (Lipinski definition) is 7. The first kappa shape index (κ1) is 26.7. The molecule has 0 saturated carbocycles. The number of anilines is 2. The van der Waals surface area contributed by atoms with Crippen molar-refractivity contribution in [3.8, 4) is 6.07 Å². The fraction of sp³-hybridized carbons (Fsp3) is 0.500. The van der Waals surface area contributed by atoms with Gasteiger partial charge in [-0.3, -0.25) is 0 Å². The molecule has 0 bridgehead atoms. The van der Waals surface area contributed by atoms with E-state index in [1.807, 2.05) is 12.1 Å². The van der Waals surface area contributed by atoms with E-state index in [1.165, 1.54) is 31.5 Å². The van der Waals surface area contributed by atoms with Crippen molar-refractivity contribution >= 4 is 33.9 Å². The molecule has 0 amide bonds. The van der Waals surface area contributed by atoms with Crippen LogP contribution in [0.5, 0.6) is 0 Å². The lowest BCUT2D eigenvalue weighted by Gasteiger charge is -2.37. The van der Waals surface area contributed by atoms with Gasteiger partial charge in [0.1, 0.15) is 11.6 Å². The molecule has 0 aliphatic carbocycles. The molecule has 2 fully saturated rings. The molecule has 6 rings (SSSR count). The summed E-state index contributed by atoms with van der Waals surface area (Å²) in [7, 11) is 2.17. The minimum atomic E-state index is 0.183. The van der Waals surface area contributed by atoms with Crippen molar-refractivity contribution in [1.29, 1.82) is 5.26 Å². The molecule has 38 heavy (non-hydrogen) atoms. The summed E-state index contributed by atoms with van der Waals surface area (Å²) >= 11 is 6.61. The van der Waals surface area contributed by atoms with Gasteiger partial charge in [-0.25, -0.2) is 9.97 Å². The molecule has 3 aliphatic heterocycles. The third-order valence-corrected chi connectivity index (χ3v) is 8.12. The molecule has 1 aromatic heterocycles. The Bertz CT molecular complexity index is 1290. The lowest BCUT2D eigenvalue weighted by molar-refractivity contribution is 0.418. The average molecular weight is 532 g/mol. The summed E-state index contributed by atoms with van der Waals surface area (Å²) in [6.45, 7) is 8.96. The normalized spacial score (nSPS) is 19.6. The second kappa shape index (κ2) is 12.3. The van der Waals surface area contributed by atoms with Gasteiger partial charge in [-0.1, -0.05) is 42.8 Å². The number of hydrogen-bond donors (Lipinski definition) is 1. The lowest BCUT2D eigenvalue weighted by Crippen LogP contribution is -2.51. The van der Waals surface area contributed by atoms with Crippen molar-refractivity contribution in [2.45, 2.75) is 51.6 Å². The Balaban J connectivity index is 0.000000433. The van der Waals surface area contributed by atoms with Gasteiger partial charge in [0.25, 0.3) is 0 Å². The molecule has 0 radical (unpaired) electrons. The minimum absolute atomic E-state index is 0.183. The Labute approximate surface area is 231 Å². The van der Waals surface area contributed by atoms with Gasteiger partial charge >= 0.3 is 0 Å². The SMILES string of the molecule is CCc1nc2c(c(N3CCNC(CC#N)C3)n1)CCN(c1cccc3cccc(Cl)c13)C2.CN1CCCC1. The van der Waals surface area contributed by atoms with E-state index in [0.717, 1.165) is 84.4 Å². The van der Waals surface area contributed by atoms with Crippen molar-refractivity contribution in [3.05, 3.63) is 58.5 Å². The van der Waals surface area contributed by atoms with Crippen LogP contribution in [0.1, 0.15) is 43.3 Å². The summed E-state index contributed by atoms with van der Waals surface area (Å²) in [5, 5.41) is 15.6. The monoisotopic (exact) mass is 531 g/mol. The standard InChI is InChI=1S/C25H27ClN6.C5H11N/c1-2-23-29-21-16-31(22-8-4-6-17-5-3-7-20(26)24(17)22)13-10-19(21)25(30-23)32-14-12-28-18(15-32)9-11-27;1-6-4-2-3-5-6/h3-8,18,28H,2,9-10,12-16H2,1H3;2-5H2,1H3. The van der Waals surface area contributed by atoms with Gasteiger partial charge in [0, 0.05) is 55.3 Å². The highest BCUT2D eigenvalue weighted by Gasteiger charge is 2.28. The molecule has 2 saturated heterocycles. The van der Waals surface area contributed by atoms with Crippen LogP contribution in [-0.4, -0.2) is 67.2 Å². The van der Waals surface area contributed by atoms with E-state index in [4.69, 9.17) is 26.8 Å². The Kier molecular flexibility index (Phi) is 8.63. The van der Waals surface area contributed by atoms with E-state index in [9.17, 15) is 0 Å². The molecule has 0 spiro atoms. The molecule has 4 heterocycles. The summed E-state index contributed by atoms with van der Waals surface area (Å²) in [4.78, 5) is 17.0. The predicted octanol–water partition coefficient (Wildman–Crippen LogP) is 4.81. The Morgan fingerprint density at radius 1 is 1.05 bits per heavy atom. The number of nitrogens with zero attached hydrogens (tertiary/aromatic N) is 6. The molecule has 1 N–H and O–H groups in total. The summed E-state index contributed by atoms with van der Waals surface area (Å²) < 4.78 is 0. The van der Waals surface area contributed by atoms with Crippen LogP contribution in [0.4, 0.5) is 11.5 Å². The Morgan fingerprint density at radius 3 is 2.55 bits per heavy atom. The van der Waals surface area contributed by atoms with Crippen LogP contribution in [-0.2, 0) is 19.4 Å². The van der Waals surface area contributed by atoms with Crippen molar-refractivity contribution < 1.29 is 0 Å². The van der Waals surface area contributed by atoms with Crippen LogP contribution in [0.3, 0.4) is 0 Å². The van der Waals surface area contributed by atoms with Gasteiger partial charge in [0.2, 0.25) is 0 Å². The molecule has 2 aromatic carbocycles. The summed E-state index contributed by atoms with van der Waals surface area (Å²) in [5.74, 6) is 1.94. The van der Waals surface area contributed by atoms with Crippen molar-refractivity contribution in [2.75, 3.05) is 56.1 Å². The van der Waals surface area contributed by atoms with Gasteiger partial charge in [-0.05, 0) is 56.9 Å². The van der Waals surface area contributed by atoms with Gasteiger partial charge in [0.05, 0.1) is 29.8 Å². The third-order valence-electron chi connectivity index (χ3n) is 7.80. The first-order chi connectivity index (χ1) is 18.6. The number of benzene rings is 2. The maximum atomic E-state index is 9.13. The molecule has 3 aliphatic rings. The number of fused-ring (bicyclic) bond motifs is 2. The highest BCUT2D eigenvalue weighted by molar-refractivity contribution is 6.36. The second-order valence-corrected chi connectivity index (χ2v) is 10.9. The average Bonchev–Trinajstić information content (AvgIpc) is 3.43. The number of likely N-dealkylation sites (tertiary alicyclic amines) is 1. The van der Waals surface area contributed by atoms with Crippen LogP contribution in [0.2, 0.25) is 5.02 Å². The van der Waals surface area contributed by atoms with Gasteiger partial charge in [-0.2, -0.15) is 5.26 Å². The molecule has 200 valence electrons. The smallest absolute Gasteiger partial charge is 0.136 e. The quantitative estimate of drug-likeness (QED) is 0.518. The van der Waals surface area contributed by atoms with E-state index < -0.39 is 0 Å². The number of aryl methyl sites for hydroxylation is 1. The van der Waals surface area contributed by atoms with Gasteiger partial charge < -0.3 is 20.0 Å². The van der Waals surface area contributed by atoms with Crippen LogP contribution in [0, 0.1) is 11.3 Å². The first-order valence-electron chi connectivity index (χ1n) is 13.9. The fourth-order valence-electron chi connectivity index (χ4n) is 5.77. The largest absolute Gasteiger partial charge is 0.365 e. The zero-order chi connectivity index (χ0) is 26.5. The number of nitriles is 1. The molecular formula is C30H38ClN7. The molecule has 1 unspecified atom stereocenters. The number of nitrogens with one attached hydrogen (secondary N) is 1. The van der Waals surface area contributed by atoms with Crippen molar-refractivity contribution in [2.24, 2.45) is 0 Å². The molecule has 3 aromatic rings. The van der Waals surface area contributed by atoms with Crippen LogP contribution in [0.15, 0.2) is 36.4 Å². The highest BCUT2D eigenvalue weighted by Crippen LogP contribution is 2.36. The topological polar surface area (TPSA) is 71.3 Å². The van der Waals surface area contributed by atoms with Gasteiger partial charge in [0.15, 0.2) is 0 Å². The van der Waals surface area contributed by atoms with E-state index >= 15 is 0 Å². The van der Waals surface area contributed by atoms with Crippen molar-refractivity contribution in [1.82, 2.24) is 20.2 Å². The van der Waals surface area contributed by atoms with Crippen molar-refractivity contribution in [3.63, 3.8) is 0 Å². The zero-order valence-electron chi connectivity index (χ0n) is 22.6. The molecular weight excluding hydrogens is 494 g/mol. The summed E-state index contributed by atoms with van der Waals surface area (Å²) in [5.41, 5.74) is 3.52. The van der Waals surface area contributed by atoms with E-state index in [-0.39, 0.29) is 6.04 Å². The van der Waals surface area contributed by atoms with Crippen LogP contribution >= 0.6 is 11.6 Å². The maximum Gasteiger partial charge on any atom is 0.136 e. The Morgan fingerprint density at radius 2 is 1.84 bits per heavy atom. The summed E-state index contributed by atoms with van der Waals surface area (Å²) in [6, 6.07) is 14.9. The zero-order valence-corrected chi connectivity index (χ0v) is 23.3. The molecule has 1 atom stereocenters. The fourth-order valence-corrected chi connectivity index (χ4v) is 6.04. The van der Waals surface area contributed by atoms with E-state index in [2.05, 4.69) is 64.3 Å². The van der Waals surface area contributed by atoms with Gasteiger partial charge in [-0.15, -0.1) is 0 Å². The Hall–Kier alpha value is -2.92. The minimum Gasteiger partial charge on any atom is -0.365 e. The molecule has 8 heteroatoms. The van der Waals surface area contributed by atoms with Crippen LogP contribution < -0.4 is 15.1 Å². The number of halogens is 1. The van der Waals surface area contributed by atoms with E-state index in [0.29, 0.717) is 6.42 Å². The second-order valence-electron chi connectivity index (χ2n) is 10.5. The van der Waals surface area contributed by atoms with Crippen LogP contribution in [0.25, 0.3) is 10.8 Å². The first-order valence-corrected chi connectivity index (χ1v) is 14.3. The lowest BCUT2D eigenvalue weighted by atomic mass is 10.0. The maximum absolute atomic E-state index is 9.13. The summed E-state index contributed by atoms with van der Waals surface area (Å²) in [6.07, 6.45) is 5.03. The number of rotatable bonds is 4. The molecule has 7 nitrogen and oxygen atoms in total. The predicted molar refractivity (Wildman–Crippen MR) is 156 cm³/mol. The third kappa shape index (κ3) is 5.88. The van der Waals surface area contributed by atoms with E-state index in [1.54, 1.807) is 0 Å². The number of piperazine rings is 1.